The van der Waals surface area contributed by atoms with Crippen LogP contribution in [0.1, 0.15) is 32.8 Å². The van der Waals surface area contributed by atoms with Crippen LogP contribution in [0.3, 0.4) is 0 Å². The highest BCUT2D eigenvalue weighted by Crippen LogP contribution is 2.14. The normalized spacial score (nSPS) is 10.6. The summed E-state index contributed by atoms with van der Waals surface area (Å²) in [6.07, 6.45) is 0.670. The van der Waals surface area contributed by atoms with E-state index in [0.29, 0.717) is 30.8 Å². The highest BCUT2D eigenvalue weighted by molar-refractivity contribution is 5.98. The molecule has 0 bridgehead atoms. The van der Waals surface area contributed by atoms with E-state index in [9.17, 15) is 9.59 Å². The molecular weight excluding hydrogens is 314 g/mol. The summed E-state index contributed by atoms with van der Waals surface area (Å²) in [7, 11) is 0. The van der Waals surface area contributed by atoms with Gasteiger partial charge in [0.25, 0.3) is 11.8 Å². The summed E-state index contributed by atoms with van der Waals surface area (Å²) in [5.74, 6) is -0.233. The number of amides is 2. The fourth-order valence-corrected chi connectivity index (χ4v) is 2.59. The van der Waals surface area contributed by atoms with Gasteiger partial charge in [-0.25, -0.2) is 0 Å². The molecule has 0 spiro atoms. The first kappa shape index (κ1) is 16.8. The Kier molecular flexibility index (Phi) is 5.14. The fraction of sp³-hybridized carbons (Fsp3) is 0.200. The van der Waals surface area contributed by atoms with Gasteiger partial charge in [0.2, 0.25) is 0 Å². The Bertz CT molecular complexity index is 848. The summed E-state index contributed by atoms with van der Waals surface area (Å²) in [4.78, 5) is 27.2. The lowest BCUT2D eigenvalue weighted by molar-refractivity contribution is 0.0948. The first-order valence-electron chi connectivity index (χ1n) is 8.34. The SMILES string of the molecule is Cc1ccc(C(=O)NCCCNC(=O)c2cc3ccccc3[nH]2)cc1. The average molecular weight is 335 g/mol. The van der Waals surface area contributed by atoms with Crippen molar-refractivity contribution in [2.75, 3.05) is 13.1 Å². The van der Waals surface area contributed by atoms with Crippen molar-refractivity contribution < 1.29 is 9.59 Å². The van der Waals surface area contributed by atoms with Gasteiger partial charge in [-0.1, -0.05) is 35.9 Å². The largest absolute Gasteiger partial charge is 0.352 e. The number of rotatable bonds is 6. The molecule has 0 aliphatic carbocycles. The third-order valence-electron chi connectivity index (χ3n) is 4.01. The number of para-hydroxylation sites is 1. The molecule has 0 saturated carbocycles. The lowest BCUT2D eigenvalue weighted by Crippen LogP contribution is -2.30. The maximum atomic E-state index is 12.1. The first-order valence-corrected chi connectivity index (χ1v) is 8.34. The first-order chi connectivity index (χ1) is 12.1. The second-order valence-electron chi connectivity index (χ2n) is 6.00. The minimum atomic E-state index is -0.138. The Morgan fingerprint density at radius 2 is 1.60 bits per heavy atom. The van der Waals surface area contributed by atoms with Crippen LogP contribution in [0.4, 0.5) is 0 Å². The molecule has 5 nitrogen and oxygen atoms in total. The molecule has 0 saturated heterocycles. The van der Waals surface area contributed by atoms with Crippen molar-refractivity contribution in [3.63, 3.8) is 0 Å². The van der Waals surface area contributed by atoms with E-state index in [0.717, 1.165) is 16.5 Å². The van der Waals surface area contributed by atoms with Crippen LogP contribution in [0.2, 0.25) is 0 Å². The van der Waals surface area contributed by atoms with Crippen LogP contribution in [-0.4, -0.2) is 29.9 Å². The number of benzene rings is 2. The van der Waals surface area contributed by atoms with Crippen molar-refractivity contribution in [1.82, 2.24) is 15.6 Å². The molecule has 1 aromatic heterocycles. The number of aryl methyl sites for hydroxylation is 1. The minimum absolute atomic E-state index is 0.0954. The molecule has 1 heterocycles. The topological polar surface area (TPSA) is 74.0 Å². The van der Waals surface area contributed by atoms with Gasteiger partial charge in [0, 0.05) is 29.6 Å². The van der Waals surface area contributed by atoms with Crippen molar-refractivity contribution in [1.29, 1.82) is 0 Å². The lowest BCUT2D eigenvalue weighted by atomic mass is 10.1. The second kappa shape index (κ2) is 7.66. The van der Waals surface area contributed by atoms with Gasteiger partial charge in [-0.3, -0.25) is 9.59 Å². The number of nitrogens with one attached hydrogen (secondary N) is 3. The number of carbonyl (C=O) groups excluding carboxylic acids is 2. The third-order valence-corrected chi connectivity index (χ3v) is 4.01. The molecule has 0 radical (unpaired) electrons. The Morgan fingerprint density at radius 1 is 0.920 bits per heavy atom. The minimum Gasteiger partial charge on any atom is -0.352 e. The van der Waals surface area contributed by atoms with Crippen LogP contribution in [0.25, 0.3) is 10.9 Å². The molecule has 128 valence electrons. The molecular formula is C20H21N3O2. The molecule has 0 aliphatic heterocycles. The van der Waals surface area contributed by atoms with Crippen molar-refractivity contribution in [2.24, 2.45) is 0 Å². The molecule has 0 unspecified atom stereocenters. The van der Waals surface area contributed by atoms with E-state index in [1.165, 1.54) is 0 Å². The number of carbonyl (C=O) groups is 2. The number of aromatic amines is 1. The molecule has 2 aromatic carbocycles. The zero-order valence-electron chi connectivity index (χ0n) is 14.1. The van der Waals surface area contributed by atoms with Gasteiger partial charge in [-0.2, -0.15) is 0 Å². The fourth-order valence-electron chi connectivity index (χ4n) is 2.59. The summed E-state index contributed by atoms with van der Waals surface area (Å²) < 4.78 is 0. The van der Waals surface area contributed by atoms with E-state index >= 15 is 0 Å². The van der Waals surface area contributed by atoms with Crippen LogP contribution >= 0.6 is 0 Å². The Hall–Kier alpha value is -3.08. The maximum absolute atomic E-state index is 12.1. The van der Waals surface area contributed by atoms with Gasteiger partial charge >= 0.3 is 0 Å². The van der Waals surface area contributed by atoms with Gasteiger partial charge in [0.15, 0.2) is 0 Å². The van der Waals surface area contributed by atoms with Crippen LogP contribution < -0.4 is 10.6 Å². The summed E-state index contributed by atoms with van der Waals surface area (Å²) in [6, 6.07) is 17.0. The van der Waals surface area contributed by atoms with Crippen LogP contribution in [0, 0.1) is 6.92 Å². The Morgan fingerprint density at radius 3 is 2.32 bits per heavy atom. The zero-order valence-corrected chi connectivity index (χ0v) is 14.1. The van der Waals surface area contributed by atoms with E-state index in [1.54, 1.807) is 0 Å². The van der Waals surface area contributed by atoms with E-state index in [1.807, 2.05) is 61.5 Å². The predicted octanol–water partition coefficient (Wildman–Crippen LogP) is 3.03. The predicted molar refractivity (Wildman–Crippen MR) is 98.8 cm³/mol. The van der Waals surface area contributed by atoms with Crippen LogP contribution in [-0.2, 0) is 0 Å². The highest BCUT2D eigenvalue weighted by Gasteiger charge is 2.08. The number of aromatic nitrogens is 1. The molecule has 0 atom stereocenters. The van der Waals surface area contributed by atoms with Gasteiger partial charge in [0.05, 0.1) is 0 Å². The standard InChI is InChI=1S/C20H21N3O2/c1-14-7-9-15(10-8-14)19(24)21-11-4-12-22-20(25)18-13-16-5-2-3-6-17(16)23-18/h2-3,5-10,13,23H,4,11-12H2,1H3,(H,21,24)(H,22,25). The van der Waals surface area contributed by atoms with Gasteiger partial charge in [0.1, 0.15) is 5.69 Å². The number of hydrogen-bond acceptors (Lipinski definition) is 2. The van der Waals surface area contributed by atoms with Crippen molar-refractivity contribution in [3.05, 3.63) is 71.4 Å². The number of H-pyrrole nitrogens is 1. The molecule has 3 rings (SSSR count). The average Bonchev–Trinajstić information content (AvgIpc) is 3.06. The van der Waals surface area contributed by atoms with Gasteiger partial charge < -0.3 is 15.6 Å². The van der Waals surface area contributed by atoms with Crippen molar-refractivity contribution in [2.45, 2.75) is 13.3 Å². The van der Waals surface area contributed by atoms with E-state index in [2.05, 4.69) is 15.6 Å². The monoisotopic (exact) mass is 335 g/mol. The van der Waals surface area contributed by atoms with E-state index in [4.69, 9.17) is 0 Å². The highest BCUT2D eigenvalue weighted by atomic mass is 16.2. The smallest absolute Gasteiger partial charge is 0.267 e. The second-order valence-corrected chi connectivity index (χ2v) is 6.00. The number of hydrogen-bond donors (Lipinski definition) is 3. The summed E-state index contributed by atoms with van der Waals surface area (Å²) in [6.45, 7) is 3.00. The van der Waals surface area contributed by atoms with E-state index < -0.39 is 0 Å². The molecule has 5 heteroatoms. The van der Waals surface area contributed by atoms with Crippen LogP contribution in [0.15, 0.2) is 54.6 Å². The van der Waals surface area contributed by atoms with Gasteiger partial charge in [-0.15, -0.1) is 0 Å². The van der Waals surface area contributed by atoms with Gasteiger partial charge in [-0.05, 0) is 37.6 Å². The lowest BCUT2D eigenvalue weighted by Gasteiger charge is -2.06. The molecule has 3 aromatic rings. The van der Waals surface area contributed by atoms with Crippen molar-refractivity contribution in [3.8, 4) is 0 Å². The Labute approximate surface area is 146 Å². The molecule has 2 amide bonds. The summed E-state index contributed by atoms with van der Waals surface area (Å²) in [5, 5.41) is 6.73. The Balaban J connectivity index is 1.41. The maximum Gasteiger partial charge on any atom is 0.267 e. The van der Waals surface area contributed by atoms with Crippen molar-refractivity contribution >= 4 is 22.7 Å². The molecule has 3 N–H and O–H groups in total. The summed E-state index contributed by atoms with van der Waals surface area (Å²) in [5.41, 5.74) is 3.26. The van der Waals surface area contributed by atoms with E-state index in [-0.39, 0.29) is 11.8 Å². The summed E-state index contributed by atoms with van der Waals surface area (Å²) >= 11 is 0. The molecule has 25 heavy (non-hydrogen) atoms. The molecule has 0 fully saturated rings. The quantitative estimate of drug-likeness (QED) is 0.606. The van der Waals surface area contributed by atoms with Crippen LogP contribution in [0.5, 0.6) is 0 Å². The number of fused-ring (bicyclic) bond motifs is 1. The third kappa shape index (κ3) is 4.26. The molecule has 0 aliphatic rings. The zero-order chi connectivity index (χ0) is 17.6.